The molecule has 2 unspecified atom stereocenters. The van der Waals surface area contributed by atoms with Crippen molar-refractivity contribution in [1.82, 2.24) is 10.1 Å². The molecule has 2 amide bonds. The summed E-state index contributed by atoms with van der Waals surface area (Å²) in [5, 5.41) is 5.90. The highest BCUT2D eigenvalue weighted by Gasteiger charge is 2.57. The molecule has 33 heavy (non-hydrogen) atoms. The Hall–Kier alpha value is -2.79. The van der Waals surface area contributed by atoms with Gasteiger partial charge in [0.05, 0.1) is 0 Å². The van der Waals surface area contributed by atoms with E-state index in [1.165, 1.54) is 14.0 Å². The van der Waals surface area contributed by atoms with Crippen LogP contribution in [0, 0.1) is 0 Å². The van der Waals surface area contributed by atoms with Gasteiger partial charge < -0.3 is 14.0 Å². The number of hydrazone groups is 1. The number of likely N-dealkylation sites (N-methyl/N-ethyl adjacent to an activating group) is 1. The third-order valence-corrected chi connectivity index (χ3v) is 5.34. The predicted octanol–water partition coefficient (Wildman–Crippen LogP) is 3.46. The molecule has 1 heterocycles. The molecule has 1 aromatic carbocycles. The molecule has 0 fully saturated rings. The van der Waals surface area contributed by atoms with Crippen LogP contribution in [0.3, 0.4) is 0 Å². The normalized spacial score (nSPS) is 19.6. The van der Waals surface area contributed by atoms with Crippen LogP contribution in [0.5, 0.6) is 0 Å². The number of amides is 2. The topological polar surface area (TPSA) is 121 Å². The lowest BCUT2D eigenvalue weighted by Crippen LogP contribution is -2.61. The van der Waals surface area contributed by atoms with Gasteiger partial charge in [0.15, 0.2) is 4.90 Å². The van der Waals surface area contributed by atoms with Gasteiger partial charge in [0.2, 0.25) is 5.54 Å². The van der Waals surface area contributed by atoms with Crippen LogP contribution in [0.4, 0.5) is 9.59 Å². The predicted molar refractivity (Wildman–Crippen MR) is 122 cm³/mol. The largest absolute Gasteiger partial charge is 0.612 e. The molecule has 0 N–H and O–H groups in total. The van der Waals surface area contributed by atoms with Gasteiger partial charge in [-0.25, -0.2) is 14.6 Å². The quantitative estimate of drug-likeness (QED) is 0.368. The number of nitrogens with zero attached hydrogens (tertiary/aromatic N) is 3. The molecule has 1 aromatic rings. The van der Waals surface area contributed by atoms with Crippen LogP contribution in [0.2, 0.25) is 0 Å². The van der Waals surface area contributed by atoms with Crippen LogP contribution in [-0.2, 0) is 30.3 Å². The molecule has 0 radical (unpaired) electrons. The zero-order valence-corrected chi connectivity index (χ0v) is 21.2. The molecule has 1 aliphatic heterocycles. The fourth-order valence-electron chi connectivity index (χ4n) is 2.99. The van der Waals surface area contributed by atoms with Crippen molar-refractivity contribution in [3.8, 4) is 0 Å². The summed E-state index contributed by atoms with van der Waals surface area (Å²) in [5.74, 6) is -0.630. The molecule has 0 aliphatic carbocycles. The summed E-state index contributed by atoms with van der Waals surface area (Å²) in [6.45, 7) is 11.2. The summed E-state index contributed by atoms with van der Waals surface area (Å²) in [5.41, 5.74) is -3.11. The molecular weight excluding hydrogens is 450 g/mol. The molecule has 0 aromatic heterocycles. The van der Waals surface area contributed by atoms with Gasteiger partial charge >= 0.3 is 12.2 Å². The Labute approximate surface area is 197 Å². The van der Waals surface area contributed by atoms with Crippen LogP contribution in [0.1, 0.15) is 54.0 Å². The standard InChI is InChI=1S/C22H31N3O7S/c1-20(2,3)30-18(27)25(32-19(28)31-21(4,5)6)22(7)16(23-24(8)17(22)26)14-10-12-15(13-11-14)33(9)29/h10-13H,1-9H3. The van der Waals surface area contributed by atoms with Crippen molar-refractivity contribution in [1.29, 1.82) is 0 Å². The van der Waals surface area contributed by atoms with Crippen molar-refractivity contribution in [2.45, 2.75) is 70.1 Å². The van der Waals surface area contributed by atoms with E-state index in [2.05, 4.69) is 5.10 Å². The Morgan fingerprint density at radius 3 is 2.03 bits per heavy atom. The van der Waals surface area contributed by atoms with Gasteiger partial charge in [-0.05, 0) is 83.9 Å². The van der Waals surface area contributed by atoms with Gasteiger partial charge in [0, 0.05) is 12.6 Å². The van der Waals surface area contributed by atoms with Crippen molar-refractivity contribution in [3.05, 3.63) is 29.8 Å². The van der Waals surface area contributed by atoms with Crippen LogP contribution < -0.4 is 0 Å². The molecule has 182 valence electrons. The lowest BCUT2D eigenvalue weighted by atomic mass is 9.90. The Morgan fingerprint density at radius 2 is 1.58 bits per heavy atom. The van der Waals surface area contributed by atoms with E-state index in [1.807, 2.05) is 0 Å². The Balaban J connectivity index is 2.56. The zero-order valence-electron chi connectivity index (χ0n) is 20.4. The van der Waals surface area contributed by atoms with E-state index in [9.17, 15) is 18.9 Å². The number of hydrogen-bond acceptors (Lipinski definition) is 8. The molecular formula is C22H31N3O7S. The summed E-state index contributed by atoms with van der Waals surface area (Å²) in [6.07, 6.45) is -0.714. The van der Waals surface area contributed by atoms with Crippen LogP contribution >= 0.6 is 0 Å². The first-order valence-electron chi connectivity index (χ1n) is 10.2. The maximum absolute atomic E-state index is 13.2. The van der Waals surface area contributed by atoms with E-state index in [4.69, 9.17) is 14.3 Å². The number of hydroxylamine groups is 2. The third-order valence-electron chi connectivity index (χ3n) is 4.40. The first-order chi connectivity index (χ1) is 15.0. The van der Waals surface area contributed by atoms with Crippen LogP contribution in [0.15, 0.2) is 34.3 Å². The SMILES string of the molecule is CN1N=C(c2ccc([S+](C)[O-])cc2)C(C)(N(OC(=O)OC(C)(C)C)C(=O)OC(C)(C)C)C1=O. The highest BCUT2D eigenvalue weighted by Crippen LogP contribution is 2.32. The first kappa shape index (κ1) is 26.5. The zero-order chi connectivity index (χ0) is 25.4. The second kappa shape index (κ2) is 9.22. The van der Waals surface area contributed by atoms with Gasteiger partial charge in [-0.15, -0.1) is 5.06 Å². The average Bonchev–Trinajstić information content (AvgIpc) is 2.88. The fourth-order valence-corrected chi connectivity index (χ4v) is 3.51. The van der Waals surface area contributed by atoms with Gasteiger partial charge in [0.25, 0.3) is 5.91 Å². The van der Waals surface area contributed by atoms with Gasteiger partial charge in [-0.1, -0.05) is 0 Å². The Kier molecular flexibility index (Phi) is 7.39. The highest BCUT2D eigenvalue weighted by molar-refractivity contribution is 7.90. The van der Waals surface area contributed by atoms with E-state index in [0.717, 1.165) is 5.01 Å². The molecule has 0 saturated heterocycles. The van der Waals surface area contributed by atoms with Crippen molar-refractivity contribution in [2.75, 3.05) is 13.3 Å². The highest BCUT2D eigenvalue weighted by atomic mass is 32.2. The van der Waals surface area contributed by atoms with Crippen molar-refractivity contribution in [2.24, 2.45) is 5.10 Å². The van der Waals surface area contributed by atoms with Crippen molar-refractivity contribution >= 4 is 35.0 Å². The number of carbonyl (C=O) groups excluding carboxylic acids is 3. The van der Waals surface area contributed by atoms with Crippen LogP contribution in [-0.4, -0.2) is 68.5 Å². The van der Waals surface area contributed by atoms with E-state index in [0.29, 0.717) is 15.5 Å². The summed E-state index contributed by atoms with van der Waals surface area (Å²) >= 11 is -1.20. The van der Waals surface area contributed by atoms with Gasteiger partial charge in [-0.3, -0.25) is 9.63 Å². The summed E-state index contributed by atoms with van der Waals surface area (Å²) in [6, 6.07) is 6.51. The van der Waals surface area contributed by atoms with Crippen LogP contribution in [0.25, 0.3) is 0 Å². The Bertz CT molecular complexity index is 948. The molecule has 2 rings (SSSR count). The lowest BCUT2D eigenvalue weighted by molar-refractivity contribution is -0.176. The molecule has 0 spiro atoms. The van der Waals surface area contributed by atoms with Gasteiger partial charge in [-0.2, -0.15) is 5.10 Å². The number of rotatable bonds is 3. The second-order valence-electron chi connectivity index (χ2n) is 9.66. The van der Waals surface area contributed by atoms with E-state index in [1.54, 1.807) is 72.1 Å². The molecule has 0 bridgehead atoms. The van der Waals surface area contributed by atoms with E-state index < -0.39 is 46.1 Å². The van der Waals surface area contributed by atoms with Crippen molar-refractivity contribution < 1.29 is 33.2 Å². The molecule has 1 aliphatic rings. The second-order valence-corrected chi connectivity index (χ2v) is 11.0. The smallest absolute Gasteiger partial charge is 0.534 e. The van der Waals surface area contributed by atoms with Gasteiger partial charge in [0.1, 0.15) is 23.2 Å². The third kappa shape index (κ3) is 6.17. The number of ether oxygens (including phenoxy) is 2. The number of hydrogen-bond donors (Lipinski definition) is 0. The number of benzene rings is 1. The monoisotopic (exact) mass is 481 g/mol. The van der Waals surface area contributed by atoms with E-state index >= 15 is 0 Å². The minimum Gasteiger partial charge on any atom is -0.612 e. The number of carbonyl (C=O) groups is 3. The molecule has 10 nitrogen and oxygen atoms in total. The summed E-state index contributed by atoms with van der Waals surface area (Å²) < 4.78 is 22.4. The lowest BCUT2D eigenvalue weighted by Gasteiger charge is -2.36. The summed E-state index contributed by atoms with van der Waals surface area (Å²) in [7, 11) is 1.42. The molecule has 11 heteroatoms. The first-order valence-corrected chi connectivity index (χ1v) is 11.8. The van der Waals surface area contributed by atoms with E-state index in [-0.39, 0.29) is 5.71 Å². The minimum atomic E-state index is -1.86. The summed E-state index contributed by atoms with van der Waals surface area (Å²) in [4.78, 5) is 44.7. The fraction of sp³-hybridized carbons (Fsp3) is 0.545. The van der Waals surface area contributed by atoms with Crippen molar-refractivity contribution in [3.63, 3.8) is 0 Å². The minimum absolute atomic E-state index is 0.137. The maximum atomic E-state index is 13.2. The molecule has 2 atom stereocenters. The maximum Gasteiger partial charge on any atom is 0.534 e. The average molecular weight is 482 g/mol. The Morgan fingerprint density at radius 1 is 1.06 bits per heavy atom. The molecule has 0 saturated carbocycles.